The molecule has 19 heavy (non-hydrogen) atoms. The summed E-state index contributed by atoms with van der Waals surface area (Å²) in [6.07, 6.45) is 3.78. The van der Waals surface area contributed by atoms with Gasteiger partial charge in [0.2, 0.25) is 0 Å². The second kappa shape index (κ2) is 5.97. The van der Waals surface area contributed by atoms with Gasteiger partial charge in [0, 0.05) is 18.7 Å². The van der Waals surface area contributed by atoms with Crippen LogP contribution in [0.3, 0.4) is 0 Å². The van der Waals surface area contributed by atoms with Crippen LogP contribution in [0.5, 0.6) is 0 Å². The van der Waals surface area contributed by atoms with Gasteiger partial charge in [0.25, 0.3) is 0 Å². The average Bonchev–Trinajstić information content (AvgIpc) is 2.35. The normalized spacial score (nSPS) is 18.9. The standard InChI is InChI=1S/C15H21F2NO/c1-2-15(6-3-7-15)10-18-9-14(19)12-8-11(16)4-5-13(12)17/h4-5,8,14,18-19H,2-3,6-7,9-10H2,1H3. The van der Waals surface area contributed by atoms with E-state index in [-0.39, 0.29) is 12.1 Å². The van der Waals surface area contributed by atoms with E-state index in [9.17, 15) is 13.9 Å². The van der Waals surface area contributed by atoms with Crippen LogP contribution in [0.15, 0.2) is 18.2 Å². The molecule has 1 aliphatic carbocycles. The van der Waals surface area contributed by atoms with Crippen LogP contribution in [0.1, 0.15) is 44.3 Å². The Hall–Kier alpha value is -1.00. The molecule has 1 aromatic rings. The van der Waals surface area contributed by atoms with Crippen LogP contribution in [-0.4, -0.2) is 18.2 Å². The molecule has 2 N–H and O–H groups in total. The highest BCUT2D eigenvalue weighted by molar-refractivity contribution is 5.21. The van der Waals surface area contributed by atoms with Crippen LogP contribution in [0.25, 0.3) is 0 Å². The van der Waals surface area contributed by atoms with Crippen LogP contribution in [0, 0.1) is 17.0 Å². The zero-order valence-electron chi connectivity index (χ0n) is 11.3. The molecule has 0 heterocycles. The fourth-order valence-electron chi connectivity index (χ4n) is 2.69. The van der Waals surface area contributed by atoms with Crippen LogP contribution in [-0.2, 0) is 0 Å². The molecule has 0 spiro atoms. The van der Waals surface area contributed by atoms with Crippen molar-refractivity contribution in [3.05, 3.63) is 35.4 Å². The van der Waals surface area contributed by atoms with Crippen molar-refractivity contribution in [3.8, 4) is 0 Å². The lowest BCUT2D eigenvalue weighted by atomic mass is 9.67. The SMILES string of the molecule is CCC1(CNCC(O)c2cc(F)ccc2F)CCC1. The molecule has 1 unspecified atom stereocenters. The first-order chi connectivity index (χ1) is 9.06. The van der Waals surface area contributed by atoms with Gasteiger partial charge in [-0.05, 0) is 42.9 Å². The van der Waals surface area contributed by atoms with Crippen molar-refractivity contribution in [2.24, 2.45) is 5.41 Å². The lowest BCUT2D eigenvalue weighted by molar-refractivity contribution is 0.109. The first-order valence-corrected chi connectivity index (χ1v) is 6.90. The van der Waals surface area contributed by atoms with E-state index in [0.717, 1.165) is 31.2 Å². The molecule has 2 rings (SSSR count). The molecule has 106 valence electrons. The first kappa shape index (κ1) is 14.4. The van der Waals surface area contributed by atoms with Crippen molar-refractivity contribution in [3.63, 3.8) is 0 Å². The molecule has 0 radical (unpaired) electrons. The quantitative estimate of drug-likeness (QED) is 0.831. The molecule has 1 atom stereocenters. The molecule has 0 aliphatic heterocycles. The molecule has 1 aliphatic rings. The molecule has 2 nitrogen and oxygen atoms in total. The molecule has 0 saturated heterocycles. The molecular formula is C15H21F2NO. The summed E-state index contributed by atoms with van der Waals surface area (Å²) in [6.45, 7) is 3.25. The van der Waals surface area contributed by atoms with Gasteiger partial charge in [-0.2, -0.15) is 0 Å². The number of nitrogens with one attached hydrogen (secondary N) is 1. The second-order valence-corrected chi connectivity index (χ2v) is 5.52. The van der Waals surface area contributed by atoms with Crippen molar-refractivity contribution in [2.45, 2.75) is 38.7 Å². The van der Waals surface area contributed by atoms with Gasteiger partial charge < -0.3 is 10.4 Å². The maximum atomic E-state index is 13.5. The molecule has 1 saturated carbocycles. The van der Waals surface area contributed by atoms with E-state index in [2.05, 4.69) is 12.2 Å². The summed E-state index contributed by atoms with van der Waals surface area (Å²) in [5.41, 5.74) is 0.367. The third-order valence-corrected chi connectivity index (χ3v) is 4.32. The van der Waals surface area contributed by atoms with Gasteiger partial charge in [-0.25, -0.2) is 8.78 Å². The van der Waals surface area contributed by atoms with Gasteiger partial charge >= 0.3 is 0 Å². The molecule has 0 bridgehead atoms. The van der Waals surface area contributed by atoms with Gasteiger partial charge in [0.15, 0.2) is 0 Å². The minimum Gasteiger partial charge on any atom is -0.387 e. The average molecular weight is 269 g/mol. The smallest absolute Gasteiger partial charge is 0.129 e. The molecule has 1 aromatic carbocycles. The molecule has 4 heteroatoms. The molecule has 1 fully saturated rings. The van der Waals surface area contributed by atoms with E-state index in [1.807, 2.05) is 0 Å². The van der Waals surface area contributed by atoms with E-state index >= 15 is 0 Å². The minimum atomic E-state index is -1.01. The Morgan fingerprint density at radius 1 is 1.37 bits per heavy atom. The summed E-state index contributed by atoms with van der Waals surface area (Å²) in [5, 5.41) is 13.1. The number of hydrogen-bond donors (Lipinski definition) is 2. The predicted molar refractivity (Wildman–Crippen MR) is 70.8 cm³/mol. The Kier molecular flexibility index (Phi) is 4.53. The second-order valence-electron chi connectivity index (χ2n) is 5.52. The fourth-order valence-corrected chi connectivity index (χ4v) is 2.69. The number of aliphatic hydroxyl groups is 1. The number of hydrogen-bond acceptors (Lipinski definition) is 2. The van der Waals surface area contributed by atoms with Crippen molar-refractivity contribution in [1.29, 1.82) is 0 Å². The summed E-state index contributed by atoms with van der Waals surface area (Å²) in [5.74, 6) is -1.09. The van der Waals surface area contributed by atoms with Crippen molar-refractivity contribution in [1.82, 2.24) is 5.32 Å². The zero-order chi connectivity index (χ0) is 13.9. The highest BCUT2D eigenvalue weighted by atomic mass is 19.1. The van der Waals surface area contributed by atoms with E-state index < -0.39 is 17.7 Å². The fraction of sp³-hybridized carbons (Fsp3) is 0.600. The van der Waals surface area contributed by atoms with E-state index in [0.29, 0.717) is 5.41 Å². The molecular weight excluding hydrogens is 248 g/mol. The number of aliphatic hydroxyl groups excluding tert-OH is 1. The third-order valence-electron chi connectivity index (χ3n) is 4.32. The van der Waals surface area contributed by atoms with Crippen LogP contribution in [0.2, 0.25) is 0 Å². The Morgan fingerprint density at radius 3 is 2.68 bits per heavy atom. The predicted octanol–water partition coefficient (Wildman–Crippen LogP) is 3.17. The topological polar surface area (TPSA) is 32.3 Å². The molecule has 0 aromatic heterocycles. The van der Waals surface area contributed by atoms with Crippen molar-refractivity contribution in [2.75, 3.05) is 13.1 Å². The van der Waals surface area contributed by atoms with Gasteiger partial charge in [0.1, 0.15) is 11.6 Å². The number of halogens is 2. The van der Waals surface area contributed by atoms with Gasteiger partial charge in [-0.15, -0.1) is 0 Å². The van der Waals surface area contributed by atoms with E-state index in [4.69, 9.17) is 0 Å². The lowest BCUT2D eigenvalue weighted by Gasteiger charge is -2.41. The zero-order valence-corrected chi connectivity index (χ0v) is 11.3. The summed E-state index contributed by atoms with van der Waals surface area (Å²) in [7, 11) is 0. The largest absolute Gasteiger partial charge is 0.387 e. The number of benzene rings is 1. The Bertz CT molecular complexity index is 427. The third kappa shape index (κ3) is 3.31. The summed E-state index contributed by atoms with van der Waals surface area (Å²) < 4.78 is 26.5. The van der Waals surface area contributed by atoms with Crippen molar-refractivity contribution >= 4 is 0 Å². The Morgan fingerprint density at radius 2 is 2.11 bits per heavy atom. The van der Waals surface area contributed by atoms with Gasteiger partial charge in [0.05, 0.1) is 6.10 Å². The highest BCUT2D eigenvalue weighted by Crippen LogP contribution is 2.43. The lowest BCUT2D eigenvalue weighted by Crippen LogP contribution is -2.40. The van der Waals surface area contributed by atoms with Crippen LogP contribution >= 0.6 is 0 Å². The highest BCUT2D eigenvalue weighted by Gasteiger charge is 2.34. The minimum absolute atomic E-state index is 0.0201. The van der Waals surface area contributed by atoms with Crippen LogP contribution in [0.4, 0.5) is 8.78 Å². The summed E-state index contributed by atoms with van der Waals surface area (Å²) >= 11 is 0. The van der Waals surface area contributed by atoms with Gasteiger partial charge in [-0.1, -0.05) is 13.3 Å². The van der Waals surface area contributed by atoms with Gasteiger partial charge in [-0.3, -0.25) is 0 Å². The van der Waals surface area contributed by atoms with Crippen molar-refractivity contribution < 1.29 is 13.9 Å². The monoisotopic (exact) mass is 269 g/mol. The van der Waals surface area contributed by atoms with Crippen LogP contribution < -0.4 is 5.32 Å². The first-order valence-electron chi connectivity index (χ1n) is 6.90. The molecule has 0 amide bonds. The van der Waals surface area contributed by atoms with E-state index in [1.54, 1.807) is 0 Å². The Labute approximate surface area is 112 Å². The number of rotatable bonds is 6. The van der Waals surface area contributed by atoms with E-state index in [1.165, 1.54) is 19.3 Å². The Balaban J connectivity index is 1.87. The maximum Gasteiger partial charge on any atom is 0.129 e. The summed E-state index contributed by atoms with van der Waals surface area (Å²) in [4.78, 5) is 0. The maximum absolute atomic E-state index is 13.5. The summed E-state index contributed by atoms with van der Waals surface area (Å²) in [6, 6.07) is 3.16.